The third-order valence-corrected chi connectivity index (χ3v) is 7.78. The molecule has 1 N–H and O–H groups in total. The van der Waals surface area contributed by atoms with Crippen molar-refractivity contribution < 1.29 is 4.79 Å². The summed E-state index contributed by atoms with van der Waals surface area (Å²) >= 11 is 0. The van der Waals surface area contributed by atoms with Gasteiger partial charge in [-0.1, -0.05) is 103 Å². The van der Waals surface area contributed by atoms with Gasteiger partial charge in [0.05, 0.1) is 10.8 Å². The number of carbonyl (C=O) groups is 1. The number of benzene rings is 3. The number of likely N-dealkylation sites (N-methyl/N-ethyl adjacent to an activating group) is 1. The van der Waals surface area contributed by atoms with Crippen LogP contribution in [0, 0.1) is 0 Å². The Balaban J connectivity index is 0.000000178. The molecular weight excluding hydrogens is 472 g/mol. The number of nitrogens with one attached hydrogen (secondary N) is 1. The fourth-order valence-corrected chi connectivity index (χ4v) is 5.56. The molecule has 7 heteroatoms. The highest BCUT2D eigenvalue weighted by Crippen LogP contribution is 2.39. The van der Waals surface area contributed by atoms with Gasteiger partial charge in [-0.3, -0.25) is 4.79 Å². The van der Waals surface area contributed by atoms with Crippen molar-refractivity contribution in [1.82, 2.24) is 30.4 Å². The number of tetrazole rings is 1. The van der Waals surface area contributed by atoms with Crippen molar-refractivity contribution in [2.24, 2.45) is 0 Å². The number of H-pyrrole nitrogens is 1. The summed E-state index contributed by atoms with van der Waals surface area (Å²) in [5, 5.41) is 14.8. The molecule has 0 spiro atoms. The largest absolute Gasteiger partial charge is 0.348 e. The smallest absolute Gasteiger partial charge is 0.237 e. The monoisotopic (exact) mass is 510 g/mol. The lowest BCUT2D eigenvalue weighted by Crippen LogP contribution is -2.44. The molecule has 4 aromatic rings. The molecule has 1 aliphatic heterocycles. The highest BCUT2D eigenvalue weighted by Gasteiger charge is 2.42. The normalized spacial score (nSPS) is 15.3. The van der Waals surface area contributed by atoms with Gasteiger partial charge in [-0.15, -0.1) is 10.2 Å². The molecule has 0 saturated carbocycles. The van der Waals surface area contributed by atoms with Gasteiger partial charge in [0.1, 0.15) is 0 Å². The van der Waals surface area contributed by atoms with E-state index in [0.717, 1.165) is 49.3 Å². The molecule has 1 aliphatic rings. The van der Waals surface area contributed by atoms with Gasteiger partial charge in [0.25, 0.3) is 0 Å². The third kappa shape index (κ3) is 5.38. The molecule has 0 unspecified atom stereocenters. The highest BCUT2D eigenvalue weighted by molar-refractivity contribution is 5.91. The number of piperidine rings is 1. The summed E-state index contributed by atoms with van der Waals surface area (Å²) in [6, 6.07) is 30.6. The Hall–Kier alpha value is -3.84. The summed E-state index contributed by atoms with van der Waals surface area (Å²) in [6.07, 6.45) is 2.80. The maximum absolute atomic E-state index is 12.9. The molecule has 1 amide bonds. The lowest BCUT2D eigenvalue weighted by molar-refractivity contribution is -0.133. The van der Waals surface area contributed by atoms with E-state index in [1.807, 2.05) is 80.8 Å². The highest BCUT2D eigenvalue weighted by atomic mass is 16.2. The first kappa shape index (κ1) is 27.2. The van der Waals surface area contributed by atoms with Crippen LogP contribution in [0.3, 0.4) is 0 Å². The Morgan fingerprint density at radius 1 is 0.895 bits per heavy atom. The molecule has 198 valence electrons. The average Bonchev–Trinajstić information content (AvgIpc) is 3.52. The summed E-state index contributed by atoms with van der Waals surface area (Å²) < 4.78 is 0. The number of aromatic nitrogens is 4. The van der Waals surface area contributed by atoms with E-state index >= 15 is 0 Å². The van der Waals surface area contributed by atoms with E-state index in [-0.39, 0.29) is 11.3 Å². The van der Waals surface area contributed by atoms with Gasteiger partial charge in [-0.25, -0.2) is 0 Å². The van der Waals surface area contributed by atoms with E-state index in [0.29, 0.717) is 0 Å². The predicted molar refractivity (Wildman–Crippen MR) is 151 cm³/mol. The standard InChI is InChI=1S/C18H21NO.C13H17N5/c1-4-18(17(20)19(2)3,15-11-7-5-8-12-15)16-13-9-6-10-14-16;1-18-9-7-13(8-10-18,12-14-16-17-15-12)11-5-3-2-4-6-11/h5-14H,4H2,1-3H3;2-6H,7-10H2,1H3,(H,14,15,16,17). The van der Waals surface area contributed by atoms with Crippen molar-refractivity contribution in [3.63, 3.8) is 0 Å². The first-order chi connectivity index (χ1) is 18.4. The van der Waals surface area contributed by atoms with Crippen molar-refractivity contribution in [3.8, 4) is 0 Å². The van der Waals surface area contributed by atoms with Crippen molar-refractivity contribution in [1.29, 1.82) is 0 Å². The maximum atomic E-state index is 12.9. The number of nitrogens with zero attached hydrogens (tertiary/aromatic N) is 5. The molecule has 1 aromatic heterocycles. The summed E-state index contributed by atoms with van der Waals surface area (Å²) in [6.45, 7) is 4.19. The Bertz CT molecular complexity index is 1210. The van der Waals surface area contributed by atoms with Gasteiger partial charge in [0.15, 0.2) is 5.82 Å². The first-order valence-corrected chi connectivity index (χ1v) is 13.2. The second kappa shape index (κ2) is 12.1. The minimum Gasteiger partial charge on any atom is -0.348 e. The zero-order valence-electron chi connectivity index (χ0n) is 22.8. The SMILES string of the molecule is CCC(C(=O)N(C)C)(c1ccccc1)c1ccccc1.CN1CCC(c2ccccc2)(c2nn[nH]n2)CC1. The summed E-state index contributed by atoms with van der Waals surface area (Å²) in [5.41, 5.74) is 2.70. The number of aromatic amines is 1. The van der Waals surface area contributed by atoms with Gasteiger partial charge >= 0.3 is 0 Å². The third-order valence-electron chi connectivity index (χ3n) is 7.78. The quantitative estimate of drug-likeness (QED) is 0.407. The predicted octanol–water partition coefficient (Wildman–Crippen LogP) is 4.68. The molecular formula is C31H38N6O. The molecule has 0 aliphatic carbocycles. The first-order valence-electron chi connectivity index (χ1n) is 13.2. The Morgan fingerprint density at radius 3 is 1.82 bits per heavy atom. The molecule has 38 heavy (non-hydrogen) atoms. The topological polar surface area (TPSA) is 78.0 Å². The van der Waals surface area contributed by atoms with Crippen LogP contribution in [0.5, 0.6) is 0 Å². The fourth-order valence-electron chi connectivity index (χ4n) is 5.56. The maximum Gasteiger partial charge on any atom is 0.237 e. The zero-order chi connectivity index (χ0) is 27.0. The molecule has 0 bridgehead atoms. The van der Waals surface area contributed by atoms with Gasteiger partial charge in [-0.05, 0) is 56.1 Å². The number of amides is 1. The van der Waals surface area contributed by atoms with Gasteiger partial charge in [-0.2, -0.15) is 5.21 Å². The van der Waals surface area contributed by atoms with Gasteiger partial charge < -0.3 is 9.80 Å². The van der Waals surface area contributed by atoms with Crippen LogP contribution in [0.1, 0.15) is 48.7 Å². The van der Waals surface area contributed by atoms with Crippen LogP contribution in [-0.4, -0.2) is 70.6 Å². The van der Waals surface area contributed by atoms with Crippen molar-refractivity contribution in [2.75, 3.05) is 34.2 Å². The van der Waals surface area contributed by atoms with Crippen LogP contribution in [0.15, 0.2) is 91.0 Å². The molecule has 7 nitrogen and oxygen atoms in total. The molecule has 3 aromatic carbocycles. The Kier molecular flexibility index (Phi) is 8.69. The van der Waals surface area contributed by atoms with Crippen molar-refractivity contribution in [2.45, 2.75) is 37.0 Å². The molecule has 1 saturated heterocycles. The van der Waals surface area contributed by atoms with Crippen LogP contribution in [0.4, 0.5) is 0 Å². The second-order valence-electron chi connectivity index (χ2n) is 10.2. The number of rotatable bonds is 6. The van der Waals surface area contributed by atoms with Gasteiger partial charge in [0, 0.05) is 14.1 Å². The molecule has 0 atom stereocenters. The van der Waals surface area contributed by atoms with Crippen LogP contribution in [0.2, 0.25) is 0 Å². The second-order valence-corrected chi connectivity index (χ2v) is 10.2. The number of carbonyl (C=O) groups excluding carboxylic acids is 1. The average molecular weight is 511 g/mol. The van der Waals surface area contributed by atoms with E-state index in [2.05, 4.69) is 63.8 Å². The number of hydrogen-bond donors (Lipinski definition) is 1. The molecule has 5 rings (SSSR count). The molecule has 2 heterocycles. The van der Waals surface area contributed by atoms with E-state index in [1.54, 1.807) is 4.90 Å². The molecule has 1 fully saturated rings. The lowest BCUT2D eigenvalue weighted by atomic mass is 9.71. The van der Waals surface area contributed by atoms with E-state index in [1.165, 1.54) is 5.56 Å². The van der Waals surface area contributed by atoms with Crippen LogP contribution < -0.4 is 0 Å². The van der Waals surface area contributed by atoms with Crippen LogP contribution >= 0.6 is 0 Å². The van der Waals surface area contributed by atoms with E-state index in [4.69, 9.17) is 0 Å². The van der Waals surface area contributed by atoms with Crippen molar-refractivity contribution in [3.05, 3.63) is 114 Å². The summed E-state index contributed by atoms with van der Waals surface area (Å²) in [7, 11) is 5.79. The van der Waals surface area contributed by atoms with Gasteiger partial charge in [0.2, 0.25) is 5.91 Å². The number of likely N-dealkylation sites (tertiary alicyclic amines) is 1. The Morgan fingerprint density at radius 2 is 1.39 bits per heavy atom. The summed E-state index contributed by atoms with van der Waals surface area (Å²) in [5.74, 6) is 0.944. The molecule has 0 radical (unpaired) electrons. The number of hydrogen-bond acceptors (Lipinski definition) is 5. The van der Waals surface area contributed by atoms with Crippen LogP contribution in [0.25, 0.3) is 0 Å². The Labute approximate surface area is 225 Å². The summed E-state index contributed by atoms with van der Waals surface area (Å²) in [4.78, 5) is 17.0. The minimum absolute atomic E-state index is 0.0826. The van der Waals surface area contributed by atoms with Crippen molar-refractivity contribution >= 4 is 5.91 Å². The zero-order valence-corrected chi connectivity index (χ0v) is 22.8. The fraction of sp³-hybridized carbons (Fsp3) is 0.355. The lowest BCUT2D eigenvalue weighted by Gasteiger charge is -2.38. The van der Waals surface area contributed by atoms with Crippen LogP contribution in [-0.2, 0) is 15.6 Å². The van der Waals surface area contributed by atoms with E-state index in [9.17, 15) is 4.79 Å². The van der Waals surface area contributed by atoms with E-state index < -0.39 is 5.41 Å². The minimum atomic E-state index is -0.605.